The van der Waals surface area contributed by atoms with Crippen molar-refractivity contribution < 1.29 is 29.6 Å². The van der Waals surface area contributed by atoms with E-state index in [1.54, 1.807) is 19.1 Å². The topological polar surface area (TPSA) is 104 Å². The fourth-order valence-corrected chi connectivity index (χ4v) is 7.20. The van der Waals surface area contributed by atoms with Crippen LogP contribution in [0.1, 0.15) is 61.3 Å². The molecule has 2 fully saturated rings. The summed E-state index contributed by atoms with van der Waals surface area (Å²) in [6.45, 7) is 13.3. The van der Waals surface area contributed by atoms with Crippen LogP contribution in [0.5, 0.6) is 0 Å². The van der Waals surface area contributed by atoms with Gasteiger partial charge in [-0.2, -0.15) is 0 Å². The number of allylic oxidation sites excluding steroid dienone is 1. The zero-order chi connectivity index (χ0) is 24.0. The van der Waals surface area contributed by atoms with E-state index in [1.165, 1.54) is 0 Å². The molecule has 0 aromatic heterocycles. The molecule has 4 aliphatic carbocycles. The first-order valence-electron chi connectivity index (χ1n) is 11.8. The first-order valence-corrected chi connectivity index (χ1v) is 11.8. The SMILES string of the molecule is CC1=CC23C(=O)C(C=C(CO)C(O)C2(O)C1OC(=O)CC(C)(C)C)C1C(CC3C)C1(C)C. The van der Waals surface area contributed by atoms with Gasteiger partial charge in [-0.3, -0.25) is 9.59 Å². The number of hydrogen-bond acceptors (Lipinski definition) is 6. The molecule has 1 spiro atoms. The van der Waals surface area contributed by atoms with Gasteiger partial charge in [-0.05, 0) is 53.1 Å². The van der Waals surface area contributed by atoms with Crippen LogP contribution in [-0.2, 0) is 14.3 Å². The molecule has 0 heterocycles. The van der Waals surface area contributed by atoms with Crippen molar-refractivity contribution in [3.63, 3.8) is 0 Å². The molecule has 6 heteroatoms. The number of rotatable bonds is 3. The van der Waals surface area contributed by atoms with E-state index in [-0.39, 0.29) is 40.4 Å². The van der Waals surface area contributed by atoms with Crippen molar-refractivity contribution in [3.05, 3.63) is 23.3 Å². The van der Waals surface area contributed by atoms with Gasteiger partial charge in [0.2, 0.25) is 0 Å². The maximum absolute atomic E-state index is 14.2. The van der Waals surface area contributed by atoms with Crippen LogP contribution in [0.15, 0.2) is 23.3 Å². The van der Waals surface area contributed by atoms with E-state index in [2.05, 4.69) is 13.8 Å². The van der Waals surface area contributed by atoms with E-state index in [9.17, 15) is 24.9 Å². The van der Waals surface area contributed by atoms with Gasteiger partial charge in [0.25, 0.3) is 0 Å². The second-order valence-electron chi connectivity index (χ2n) is 12.5. The van der Waals surface area contributed by atoms with Crippen LogP contribution in [0.3, 0.4) is 0 Å². The molecule has 0 aromatic carbocycles. The summed E-state index contributed by atoms with van der Waals surface area (Å²) < 4.78 is 5.82. The molecule has 8 atom stereocenters. The highest BCUT2D eigenvalue weighted by atomic mass is 16.6. The molecule has 0 aliphatic heterocycles. The van der Waals surface area contributed by atoms with Crippen molar-refractivity contribution >= 4 is 11.8 Å². The lowest BCUT2D eigenvalue weighted by molar-refractivity contribution is -0.204. The van der Waals surface area contributed by atoms with Gasteiger partial charge in [0, 0.05) is 5.92 Å². The van der Waals surface area contributed by atoms with E-state index in [1.807, 2.05) is 27.7 Å². The number of carbonyl (C=O) groups is 2. The van der Waals surface area contributed by atoms with Crippen LogP contribution in [-0.4, -0.2) is 51.5 Å². The molecule has 32 heavy (non-hydrogen) atoms. The molecule has 0 amide bonds. The number of ketones is 1. The maximum Gasteiger partial charge on any atom is 0.307 e. The van der Waals surface area contributed by atoms with Crippen molar-refractivity contribution in [3.8, 4) is 0 Å². The van der Waals surface area contributed by atoms with Crippen molar-refractivity contribution in [2.45, 2.75) is 79.1 Å². The van der Waals surface area contributed by atoms with E-state index < -0.39 is 41.7 Å². The minimum atomic E-state index is -2.06. The molecule has 3 N–H and O–H groups in total. The van der Waals surface area contributed by atoms with E-state index in [4.69, 9.17) is 4.74 Å². The summed E-state index contributed by atoms with van der Waals surface area (Å²) in [5.74, 6) is -0.968. The van der Waals surface area contributed by atoms with Crippen LogP contribution in [0.2, 0.25) is 0 Å². The number of aliphatic hydroxyl groups excluding tert-OH is 2. The molecule has 8 unspecified atom stereocenters. The molecule has 0 radical (unpaired) electrons. The summed E-state index contributed by atoms with van der Waals surface area (Å²) in [4.78, 5) is 27.0. The number of hydrogen-bond donors (Lipinski definition) is 3. The van der Waals surface area contributed by atoms with Crippen molar-refractivity contribution in [1.29, 1.82) is 0 Å². The number of carbonyl (C=O) groups excluding carboxylic acids is 2. The van der Waals surface area contributed by atoms with Crippen LogP contribution < -0.4 is 0 Å². The Morgan fingerprint density at radius 1 is 1.28 bits per heavy atom. The Morgan fingerprint density at radius 3 is 2.47 bits per heavy atom. The van der Waals surface area contributed by atoms with Crippen LogP contribution in [0.25, 0.3) is 0 Å². The summed E-state index contributed by atoms with van der Waals surface area (Å²) in [5.41, 5.74) is -2.98. The van der Waals surface area contributed by atoms with E-state index >= 15 is 0 Å². The van der Waals surface area contributed by atoms with Gasteiger partial charge >= 0.3 is 5.97 Å². The second kappa shape index (κ2) is 7.00. The Bertz CT molecular complexity index is 908. The van der Waals surface area contributed by atoms with Gasteiger partial charge in [0.05, 0.1) is 18.4 Å². The molecule has 0 aromatic rings. The molecule has 2 saturated carbocycles. The van der Waals surface area contributed by atoms with Crippen molar-refractivity contribution in [2.75, 3.05) is 6.61 Å². The second-order valence-corrected chi connectivity index (χ2v) is 12.5. The van der Waals surface area contributed by atoms with Gasteiger partial charge < -0.3 is 20.1 Å². The molecule has 6 nitrogen and oxygen atoms in total. The van der Waals surface area contributed by atoms with Crippen LogP contribution in [0, 0.1) is 39.9 Å². The number of fused-ring (bicyclic) bond motifs is 3. The molecule has 0 saturated heterocycles. The Hall–Kier alpha value is -1.50. The molecule has 4 rings (SSSR count). The summed E-state index contributed by atoms with van der Waals surface area (Å²) >= 11 is 0. The van der Waals surface area contributed by atoms with Gasteiger partial charge in [-0.25, -0.2) is 0 Å². The van der Waals surface area contributed by atoms with Crippen molar-refractivity contribution in [2.24, 2.45) is 39.9 Å². The average molecular weight is 447 g/mol. The molecular weight excluding hydrogens is 408 g/mol. The minimum absolute atomic E-state index is 0.0173. The fraction of sp³-hybridized carbons (Fsp3) is 0.769. The zero-order valence-corrected chi connectivity index (χ0v) is 20.3. The summed E-state index contributed by atoms with van der Waals surface area (Å²) in [7, 11) is 0. The van der Waals surface area contributed by atoms with Crippen molar-refractivity contribution in [1.82, 2.24) is 0 Å². The lowest BCUT2D eigenvalue weighted by atomic mass is 9.59. The summed E-state index contributed by atoms with van der Waals surface area (Å²) in [5, 5.41) is 33.8. The third kappa shape index (κ3) is 2.95. The van der Waals surface area contributed by atoms with Crippen LogP contribution in [0.4, 0.5) is 0 Å². The third-order valence-corrected chi connectivity index (χ3v) is 8.82. The highest BCUT2D eigenvalue weighted by molar-refractivity contribution is 5.95. The average Bonchev–Trinajstić information content (AvgIpc) is 3.15. The number of esters is 1. The molecular formula is C26H38O6. The Kier molecular flexibility index (Phi) is 5.17. The molecule has 2 bridgehead atoms. The summed E-state index contributed by atoms with van der Waals surface area (Å²) in [6.07, 6.45) is 1.65. The highest BCUT2D eigenvalue weighted by Gasteiger charge is 2.76. The first kappa shape index (κ1) is 23.7. The number of ether oxygens (including phenoxy) is 1. The predicted octanol–water partition coefficient (Wildman–Crippen LogP) is 2.80. The smallest absolute Gasteiger partial charge is 0.307 e. The predicted molar refractivity (Wildman–Crippen MR) is 119 cm³/mol. The van der Waals surface area contributed by atoms with E-state index in [0.29, 0.717) is 11.5 Å². The Balaban J connectivity index is 1.85. The lowest BCUT2D eigenvalue weighted by Crippen LogP contribution is -2.65. The first-order chi connectivity index (χ1) is 14.6. The van der Waals surface area contributed by atoms with Gasteiger partial charge in [0.15, 0.2) is 17.5 Å². The Labute approximate surface area is 190 Å². The minimum Gasteiger partial charge on any atom is -0.455 e. The molecule has 178 valence electrons. The number of aliphatic hydroxyl groups is 3. The summed E-state index contributed by atoms with van der Waals surface area (Å²) in [6, 6.07) is 0. The van der Waals surface area contributed by atoms with Crippen LogP contribution >= 0.6 is 0 Å². The third-order valence-electron chi connectivity index (χ3n) is 8.82. The van der Waals surface area contributed by atoms with Gasteiger partial charge in [0.1, 0.15) is 6.10 Å². The standard InChI is InChI=1S/C26H38O6/c1-13-10-25-14(2)8-17-19(24(17,6)7)16(21(25)30)9-15(12-27)20(29)26(25,31)22(13)32-18(28)11-23(3,4)5/h9-10,14,16-17,19-20,22,27,29,31H,8,11-12H2,1-7H3. The number of Topliss-reactive ketones (excluding diaryl/α,β-unsaturated/α-hetero) is 1. The monoisotopic (exact) mass is 446 g/mol. The normalized spacial score (nSPS) is 44.5. The Morgan fingerprint density at radius 2 is 1.91 bits per heavy atom. The molecule has 4 aliphatic rings. The fourth-order valence-electron chi connectivity index (χ4n) is 7.20. The lowest BCUT2D eigenvalue weighted by Gasteiger charge is -2.48. The quantitative estimate of drug-likeness (QED) is 0.455. The highest BCUT2D eigenvalue weighted by Crippen LogP contribution is 2.71. The largest absolute Gasteiger partial charge is 0.455 e. The van der Waals surface area contributed by atoms with Gasteiger partial charge in [-0.1, -0.05) is 53.7 Å². The van der Waals surface area contributed by atoms with E-state index in [0.717, 1.165) is 6.42 Å². The zero-order valence-electron chi connectivity index (χ0n) is 20.3. The maximum atomic E-state index is 14.2. The van der Waals surface area contributed by atoms with Gasteiger partial charge in [-0.15, -0.1) is 0 Å².